The highest BCUT2D eigenvalue weighted by Gasteiger charge is 2.17. The minimum absolute atomic E-state index is 0.206. The first-order chi connectivity index (χ1) is 11.1. The van der Waals surface area contributed by atoms with E-state index in [2.05, 4.69) is 9.47 Å². The van der Waals surface area contributed by atoms with Gasteiger partial charge in [-0.05, 0) is 63.5 Å². The molecule has 3 rings (SSSR count). The zero-order valence-corrected chi connectivity index (χ0v) is 14.2. The topological polar surface area (TPSA) is 28.4 Å². The molecule has 1 aromatic heterocycles. The Balaban J connectivity index is 1.76. The van der Waals surface area contributed by atoms with Crippen LogP contribution in [0.3, 0.4) is 0 Å². The molecule has 0 radical (unpaired) electrons. The minimum atomic E-state index is -0.396. The van der Waals surface area contributed by atoms with Crippen molar-refractivity contribution in [1.82, 2.24) is 9.47 Å². The maximum atomic E-state index is 13.5. The fraction of sp³-hybridized carbons (Fsp3) is 0.579. The molecule has 1 fully saturated rings. The van der Waals surface area contributed by atoms with Gasteiger partial charge in [-0.1, -0.05) is 12.8 Å². The lowest BCUT2D eigenvalue weighted by atomic mass is 10.1. The van der Waals surface area contributed by atoms with Crippen molar-refractivity contribution in [3.8, 4) is 0 Å². The van der Waals surface area contributed by atoms with Crippen LogP contribution in [0.15, 0.2) is 18.2 Å². The van der Waals surface area contributed by atoms with E-state index in [1.165, 1.54) is 31.7 Å². The van der Waals surface area contributed by atoms with E-state index in [1.54, 1.807) is 6.07 Å². The van der Waals surface area contributed by atoms with Crippen LogP contribution < -0.4 is 0 Å². The zero-order valence-electron chi connectivity index (χ0n) is 14.2. The van der Waals surface area contributed by atoms with Gasteiger partial charge >= 0.3 is 0 Å². The monoisotopic (exact) mass is 318 g/mol. The van der Waals surface area contributed by atoms with E-state index in [-0.39, 0.29) is 5.82 Å². The fourth-order valence-electron chi connectivity index (χ4n) is 3.74. The van der Waals surface area contributed by atoms with Gasteiger partial charge < -0.3 is 14.6 Å². The number of aromatic nitrogens is 1. The molecule has 4 heteroatoms. The number of aliphatic hydroxyl groups excluding tert-OH is 1. The standard InChI is InChI=1S/C19H27FN2O/c1-14-15(2)22(19-8-7-16(20)11-18(14)19)13-17(23)12-21-9-5-3-4-6-10-21/h7-8,11,17,23H,3-6,9-10,12-13H2,1-2H3/t17-/m1/s1. The molecule has 0 amide bonds. The van der Waals surface area contributed by atoms with Crippen molar-refractivity contribution in [3.63, 3.8) is 0 Å². The maximum absolute atomic E-state index is 13.5. The quantitative estimate of drug-likeness (QED) is 0.932. The summed E-state index contributed by atoms with van der Waals surface area (Å²) in [6.07, 6.45) is 4.68. The molecule has 2 heterocycles. The Labute approximate surface area is 137 Å². The first-order valence-corrected chi connectivity index (χ1v) is 8.71. The average molecular weight is 318 g/mol. The number of rotatable bonds is 4. The third-order valence-electron chi connectivity index (χ3n) is 5.16. The molecular weight excluding hydrogens is 291 g/mol. The van der Waals surface area contributed by atoms with Crippen molar-refractivity contribution in [1.29, 1.82) is 0 Å². The summed E-state index contributed by atoms with van der Waals surface area (Å²) in [5.41, 5.74) is 3.22. The predicted octanol–water partition coefficient (Wildman–Crippen LogP) is 3.63. The molecule has 3 nitrogen and oxygen atoms in total. The van der Waals surface area contributed by atoms with Gasteiger partial charge in [0.1, 0.15) is 5.82 Å². The third-order valence-corrected chi connectivity index (χ3v) is 5.16. The summed E-state index contributed by atoms with van der Waals surface area (Å²) in [6, 6.07) is 4.91. The lowest BCUT2D eigenvalue weighted by Crippen LogP contribution is -2.35. The molecule has 0 spiro atoms. The second-order valence-electron chi connectivity index (χ2n) is 6.85. The molecule has 1 aromatic carbocycles. The highest BCUT2D eigenvalue weighted by molar-refractivity contribution is 5.85. The third kappa shape index (κ3) is 3.59. The molecule has 1 aliphatic heterocycles. The van der Waals surface area contributed by atoms with Crippen LogP contribution in [0, 0.1) is 19.7 Å². The second-order valence-corrected chi connectivity index (χ2v) is 6.85. The Morgan fingerprint density at radius 3 is 2.48 bits per heavy atom. The van der Waals surface area contributed by atoms with E-state index in [9.17, 15) is 9.50 Å². The van der Waals surface area contributed by atoms with E-state index >= 15 is 0 Å². The number of aliphatic hydroxyl groups is 1. The van der Waals surface area contributed by atoms with Crippen LogP contribution in [0.4, 0.5) is 4.39 Å². The number of hydrogen-bond donors (Lipinski definition) is 1. The number of benzene rings is 1. The van der Waals surface area contributed by atoms with E-state index in [0.717, 1.165) is 41.8 Å². The molecule has 1 aliphatic rings. The molecule has 1 N–H and O–H groups in total. The van der Waals surface area contributed by atoms with Crippen LogP contribution >= 0.6 is 0 Å². The number of likely N-dealkylation sites (tertiary alicyclic amines) is 1. The second kappa shape index (κ2) is 7.02. The number of halogens is 1. The van der Waals surface area contributed by atoms with E-state index in [1.807, 2.05) is 19.9 Å². The van der Waals surface area contributed by atoms with Crippen LogP contribution in [0.2, 0.25) is 0 Å². The Morgan fingerprint density at radius 2 is 1.78 bits per heavy atom. The zero-order chi connectivity index (χ0) is 16.4. The van der Waals surface area contributed by atoms with Gasteiger partial charge in [0.05, 0.1) is 12.6 Å². The Hall–Kier alpha value is -1.39. The number of hydrogen-bond acceptors (Lipinski definition) is 2. The van der Waals surface area contributed by atoms with Gasteiger partial charge in [-0.25, -0.2) is 4.39 Å². The lowest BCUT2D eigenvalue weighted by molar-refractivity contribution is 0.100. The predicted molar refractivity (Wildman–Crippen MR) is 92.3 cm³/mol. The van der Waals surface area contributed by atoms with Crippen molar-refractivity contribution < 1.29 is 9.50 Å². The SMILES string of the molecule is Cc1c(C)n(C[C@H](O)CN2CCCCCC2)c2ccc(F)cc12. The van der Waals surface area contributed by atoms with Crippen LogP contribution in [0.25, 0.3) is 10.9 Å². The number of fused-ring (bicyclic) bond motifs is 1. The molecule has 2 aromatic rings. The molecule has 126 valence electrons. The van der Waals surface area contributed by atoms with Gasteiger partial charge in [0.2, 0.25) is 0 Å². The molecule has 0 aliphatic carbocycles. The van der Waals surface area contributed by atoms with Crippen LogP contribution in [0.5, 0.6) is 0 Å². The Kier molecular flexibility index (Phi) is 5.02. The first-order valence-electron chi connectivity index (χ1n) is 8.71. The fourth-order valence-corrected chi connectivity index (χ4v) is 3.74. The highest BCUT2D eigenvalue weighted by atomic mass is 19.1. The van der Waals surface area contributed by atoms with Gasteiger partial charge in [0.15, 0.2) is 0 Å². The smallest absolute Gasteiger partial charge is 0.123 e. The van der Waals surface area contributed by atoms with Crippen LogP contribution in [0.1, 0.15) is 36.9 Å². The Bertz CT molecular complexity index is 672. The summed E-state index contributed by atoms with van der Waals surface area (Å²) in [6.45, 7) is 7.54. The molecular formula is C19H27FN2O. The number of nitrogens with zero attached hydrogens (tertiary/aromatic N) is 2. The van der Waals surface area contributed by atoms with Crippen LogP contribution in [-0.2, 0) is 6.54 Å². The van der Waals surface area contributed by atoms with Crippen molar-refractivity contribution >= 4 is 10.9 Å². The maximum Gasteiger partial charge on any atom is 0.123 e. The summed E-state index contributed by atoms with van der Waals surface area (Å²) in [7, 11) is 0. The largest absolute Gasteiger partial charge is 0.390 e. The van der Waals surface area contributed by atoms with E-state index < -0.39 is 6.10 Å². The Morgan fingerprint density at radius 1 is 1.09 bits per heavy atom. The molecule has 0 saturated carbocycles. The summed E-state index contributed by atoms with van der Waals surface area (Å²) >= 11 is 0. The average Bonchev–Trinajstić information content (AvgIpc) is 2.73. The van der Waals surface area contributed by atoms with Gasteiger partial charge in [-0.15, -0.1) is 0 Å². The van der Waals surface area contributed by atoms with Gasteiger partial charge in [-0.2, -0.15) is 0 Å². The molecule has 0 bridgehead atoms. The molecule has 23 heavy (non-hydrogen) atoms. The van der Waals surface area contributed by atoms with Gasteiger partial charge in [0.25, 0.3) is 0 Å². The number of β-amino-alcohol motifs (C(OH)–C–C–N with tert-alkyl or cyclic N) is 1. The van der Waals surface area contributed by atoms with E-state index in [0.29, 0.717) is 6.54 Å². The van der Waals surface area contributed by atoms with Crippen LogP contribution in [-0.4, -0.2) is 40.3 Å². The van der Waals surface area contributed by atoms with Crippen molar-refractivity contribution in [2.75, 3.05) is 19.6 Å². The summed E-state index contributed by atoms with van der Waals surface area (Å²) in [5.74, 6) is -0.206. The normalized spacial score (nSPS) is 18.3. The number of aryl methyl sites for hydroxylation is 1. The summed E-state index contributed by atoms with van der Waals surface area (Å²) in [5, 5.41) is 11.5. The van der Waals surface area contributed by atoms with E-state index in [4.69, 9.17) is 0 Å². The van der Waals surface area contributed by atoms with Gasteiger partial charge in [0, 0.05) is 23.1 Å². The molecule has 1 saturated heterocycles. The highest BCUT2D eigenvalue weighted by Crippen LogP contribution is 2.26. The van der Waals surface area contributed by atoms with Crippen molar-refractivity contribution in [2.24, 2.45) is 0 Å². The summed E-state index contributed by atoms with van der Waals surface area (Å²) < 4.78 is 15.6. The van der Waals surface area contributed by atoms with Crippen molar-refractivity contribution in [3.05, 3.63) is 35.3 Å². The first kappa shape index (κ1) is 16.5. The lowest BCUT2D eigenvalue weighted by Gasteiger charge is -2.24. The molecule has 0 unspecified atom stereocenters. The van der Waals surface area contributed by atoms with Gasteiger partial charge in [-0.3, -0.25) is 0 Å². The minimum Gasteiger partial charge on any atom is -0.390 e. The summed E-state index contributed by atoms with van der Waals surface area (Å²) in [4.78, 5) is 2.38. The van der Waals surface area contributed by atoms with Crippen molar-refractivity contribution in [2.45, 2.75) is 52.2 Å². The molecule has 1 atom stereocenters.